The SMILES string of the molecule is CCS[C@@H]1O[C@H](COCc2ccccc2)[C@@H](OCc2ccccc2)[C@H](OCc2ccccc2)[C@H]1OCc1ccc(C(=O)O[C@H]2[C@H](O)[C@@H](COCc3ccccc3)O[C@H](OC)[C@@H]2OCc2ccccc2)cc1. The predicted octanol–water partition coefficient (Wildman–Crippen LogP) is 9.50. The number of hydrogen-bond acceptors (Lipinski definition) is 13. The van der Waals surface area contributed by atoms with E-state index in [-0.39, 0.29) is 32.0 Å². The van der Waals surface area contributed by atoms with Crippen LogP contribution < -0.4 is 0 Å². The zero-order valence-electron chi connectivity index (χ0n) is 40.2. The monoisotopic (exact) mass is 984 g/mol. The second kappa shape index (κ2) is 27.5. The molecule has 0 unspecified atom stereocenters. The number of rotatable bonds is 25. The van der Waals surface area contributed by atoms with Crippen LogP contribution in [0.25, 0.3) is 0 Å². The fourth-order valence-electron chi connectivity index (χ4n) is 8.56. The van der Waals surface area contributed by atoms with Crippen molar-refractivity contribution in [2.45, 2.75) is 107 Å². The van der Waals surface area contributed by atoms with Crippen LogP contribution in [0.5, 0.6) is 0 Å². The van der Waals surface area contributed by atoms with Gasteiger partial charge in [-0.25, -0.2) is 4.79 Å². The first kappa shape index (κ1) is 52.1. The zero-order valence-corrected chi connectivity index (χ0v) is 41.0. The molecule has 0 radical (unpaired) electrons. The molecule has 71 heavy (non-hydrogen) atoms. The van der Waals surface area contributed by atoms with Gasteiger partial charge in [-0.3, -0.25) is 0 Å². The number of thioether (sulfide) groups is 1. The van der Waals surface area contributed by atoms with Crippen LogP contribution in [0.2, 0.25) is 0 Å². The summed E-state index contributed by atoms with van der Waals surface area (Å²) in [5.41, 5.74) is 5.64. The number of aliphatic hydroxyl groups excluding tert-OH is 1. The van der Waals surface area contributed by atoms with Crippen molar-refractivity contribution < 1.29 is 57.3 Å². The van der Waals surface area contributed by atoms with E-state index >= 15 is 0 Å². The van der Waals surface area contributed by atoms with Crippen molar-refractivity contribution in [1.82, 2.24) is 0 Å². The first-order valence-corrected chi connectivity index (χ1v) is 25.3. The second-order valence-electron chi connectivity index (χ2n) is 17.4. The minimum atomic E-state index is -1.30. The van der Waals surface area contributed by atoms with Gasteiger partial charge in [0.1, 0.15) is 48.2 Å². The summed E-state index contributed by atoms with van der Waals surface area (Å²) in [6, 6.07) is 56.5. The summed E-state index contributed by atoms with van der Waals surface area (Å²) in [5, 5.41) is 11.8. The van der Waals surface area contributed by atoms with E-state index in [2.05, 4.69) is 6.92 Å². The van der Waals surface area contributed by atoms with Crippen LogP contribution in [0.1, 0.15) is 50.7 Å². The molecule has 2 aliphatic heterocycles. The maximum absolute atomic E-state index is 14.0. The third kappa shape index (κ3) is 15.1. The van der Waals surface area contributed by atoms with Crippen LogP contribution >= 0.6 is 11.8 Å². The highest BCUT2D eigenvalue weighted by molar-refractivity contribution is 7.99. The van der Waals surface area contributed by atoms with Crippen molar-refractivity contribution in [3.63, 3.8) is 0 Å². The van der Waals surface area contributed by atoms with Crippen LogP contribution in [-0.4, -0.2) is 97.7 Å². The molecule has 2 fully saturated rings. The zero-order chi connectivity index (χ0) is 49.0. The lowest BCUT2D eigenvalue weighted by Crippen LogP contribution is -2.61. The molecule has 1 N–H and O–H groups in total. The normalized spacial score (nSPS) is 24.3. The number of ether oxygens (including phenoxy) is 10. The molecule has 2 aliphatic rings. The molecular weight excluding hydrogens is 921 g/mol. The average molecular weight is 985 g/mol. The van der Waals surface area contributed by atoms with Gasteiger partial charge in [-0.1, -0.05) is 171 Å². The number of hydrogen-bond donors (Lipinski definition) is 1. The van der Waals surface area contributed by atoms with E-state index in [1.807, 2.05) is 164 Å². The Bertz CT molecular complexity index is 2420. The molecule has 0 aromatic heterocycles. The molecule has 0 aliphatic carbocycles. The highest BCUT2D eigenvalue weighted by Gasteiger charge is 2.50. The first-order chi connectivity index (χ1) is 34.9. The summed E-state index contributed by atoms with van der Waals surface area (Å²) in [7, 11) is 1.49. The summed E-state index contributed by atoms with van der Waals surface area (Å²) >= 11 is 1.65. The first-order valence-electron chi connectivity index (χ1n) is 24.2. The van der Waals surface area contributed by atoms with Gasteiger partial charge in [0.2, 0.25) is 0 Å². The van der Waals surface area contributed by atoms with Gasteiger partial charge in [-0.05, 0) is 51.3 Å². The van der Waals surface area contributed by atoms with Crippen LogP contribution in [0, 0.1) is 0 Å². The number of esters is 1. The van der Waals surface area contributed by atoms with Crippen molar-refractivity contribution in [3.8, 4) is 0 Å². The Morgan fingerprint density at radius 3 is 1.35 bits per heavy atom. The standard InChI is InChI=1S/C58H64O12S/c1-3-71-58-55(53(65-36-44-25-15-7-16-26-44)51(64-35-43-23-13-6-14-24-43)49(69-58)40-63-34-42-21-11-5-12-22-42)67-38-46-29-31-47(32-30-46)56(60)70-52-50(59)48(39-62-33-41-19-9-4-10-20-41)68-57(61-2)54(52)66-37-45-27-17-8-18-28-45/h4-32,48-55,57-59H,3,33-40H2,1-2H3/t48-,49-,50-,51-,52+,53+,54-,55-,57+,58+/m1/s1. The van der Waals surface area contributed by atoms with Crippen molar-refractivity contribution in [3.05, 3.63) is 215 Å². The van der Waals surface area contributed by atoms with Crippen molar-refractivity contribution in [1.29, 1.82) is 0 Å². The third-order valence-corrected chi connectivity index (χ3v) is 13.3. The van der Waals surface area contributed by atoms with E-state index in [1.165, 1.54) is 7.11 Å². The van der Waals surface area contributed by atoms with E-state index in [9.17, 15) is 9.90 Å². The topological polar surface area (TPSA) is 130 Å². The molecule has 12 nitrogen and oxygen atoms in total. The highest BCUT2D eigenvalue weighted by Crippen LogP contribution is 2.36. The van der Waals surface area contributed by atoms with E-state index < -0.39 is 66.5 Å². The van der Waals surface area contributed by atoms with E-state index in [0.717, 1.165) is 39.1 Å². The van der Waals surface area contributed by atoms with Gasteiger partial charge in [0.15, 0.2) is 12.4 Å². The van der Waals surface area contributed by atoms with Crippen LogP contribution in [0.15, 0.2) is 176 Å². The molecule has 0 bridgehead atoms. The molecule has 8 rings (SSSR count). The lowest BCUT2D eigenvalue weighted by atomic mass is 9.98. The van der Waals surface area contributed by atoms with Gasteiger partial charge in [0.25, 0.3) is 0 Å². The van der Waals surface area contributed by atoms with Gasteiger partial charge in [0, 0.05) is 7.11 Å². The Balaban J connectivity index is 0.980. The molecule has 0 saturated carbocycles. The van der Waals surface area contributed by atoms with Gasteiger partial charge in [-0.2, -0.15) is 0 Å². The Kier molecular flexibility index (Phi) is 20.2. The maximum Gasteiger partial charge on any atom is 0.338 e. The molecule has 13 heteroatoms. The summed E-state index contributed by atoms with van der Waals surface area (Å²) < 4.78 is 64.1. The van der Waals surface area contributed by atoms with Crippen molar-refractivity contribution in [2.75, 3.05) is 26.1 Å². The quantitative estimate of drug-likeness (QED) is 0.0548. The van der Waals surface area contributed by atoms with Crippen LogP contribution in [-0.2, 0) is 87.0 Å². The number of methoxy groups -OCH3 is 1. The largest absolute Gasteiger partial charge is 0.453 e. The third-order valence-electron chi connectivity index (χ3n) is 12.3. The smallest absolute Gasteiger partial charge is 0.338 e. The minimum absolute atomic E-state index is 0.0223. The predicted molar refractivity (Wildman–Crippen MR) is 270 cm³/mol. The fourth-order valence-corrected chi connectivity index (χ4v) is 9.54. The van der Waals surface area contributed by atoms with E-state index in [4.69, 9.17) is 47.4 Å². The summed E-state index contributed by atoms with van der Waals surface area (Å²) in [4.78, 5) is 14.0. The summed E-state index contributed by atoms with van der Waals surface area (Å²) in [5.74, 6) is 0.121. The molecule has 0 spiro atoms. The lowest BCUT2D eigenvalue weighted by molar-refractivity contribution is -0.306. The lowest BCUT2D eigenvalue weighted by Gasteiger charge is -2.46. The average Bonchev–Trinajstić information content (AvgIpc) is 3.42. The highest BCUT2D eigenvalue weighted by atomic mass is 32.2. The summed E-state index contributed by atoms with van der Waals surface area (Å²) in [6.45, 7) is 4.15. The molecule has 0 amide bonds. The van der Waals surface area contributed by atoms with E-state index in [0.29, 0.717) is 26.4 Å². The number of carbonyl (C=O) groups is 1. The van der Waals surface area contributed by atoms with Crippen molar-refractivity contribution >= 4 is 17.7 Å². The molecule has 374 valence electrons. The molecule has 2 heterocycles. The Hall–Kier alpha value is -5.26. The van der Waals surface area contributed by atoms with Crippen LogP contribution in [0.4, 0.5) is 0 Å². The molecule has 6 aromatic carbocycles. The van der Waals surface area contributed by atoms with Gasteiger partial charge < -0.3 is 52.5 Å². The Morgan fingerprint density at radius 2 is 0.887 bits per heavy atom. The fraction of sp³-hybridized carbons (Fsp3) is 0.362. The van der Waals surface area contributed by atoms with Gasteiger partial charge in [0.05, 0.1) is 58.4 Å². The Morgan fingerprint density at radius 1 is 0.479 bits per heavy atom. The van der Waals surface area contributed by atoms with Gasteiger partial charge >= 0.3 is 5.97 Å². The van der Waals surface area contributed by atoms with Crippen molar-refractivity contribution in [2.24, 2.45) is 0 Å². The van der Waals surface area contributed by atoms with Crippen LogP contribution in [0.3, 0.4) is 0 Å². The molecule has 2 saturated heterocycles. The summed E-state index contributed by atoms with van der Waals surface area (Å²) in [6.07, 6.45) is -7.39. The maximum atomic E-state index is 14.0. The minimum Gasteiger partial charge on any atom is -0.453 e. The number of carbonyl (C=O) groups excluding carboxylic acids is 1. The van der Waals surface area contributed by atoms with E-state index in [1.54, 1.807) is 23.9 Å². The second-order valence-corrected chi connectivity index (χ2v) is 18.8. The Labute approximate surface area is 421 Å². The number of aliphatic hydroxyl groups is 1. The van der Waals surface area contributed by atoms with Gasteiger partial charge in [-0.15, -0.1) is 11.8 Å². The number of benzene rings is 6. The molecule has 10 atom stereocenters. The molecular formula is C58H64O12S. The molecule has 6 aromatic rings.